The lowest BCUT2D eigenvalue weighted by molar-refractivity contribution is -0.116. The molecular formula is C19H20N4O2. The van der Waals surface area contributed by atoms with E-state index < -0.39 is 6.04 Å². The maximum Gasteiger partial charge on any atom is 0.246 e. The zero-order valence-electron chi connectivity index (χ0n) is 14.4. The second-order valence-corrected chi connectivity index (χ2v) is 5.80. The number of nitrogens with one attached hydrogen (secondary N) is 2. The van der Waals surface area contributed by atoms with Crippen molar-refractivity contribution in [2.45, 2.75) is 19.9 Å². The summed E-state index contributed by atoms with van der Waals surface area (Å²) in [5.41, 5.74) is 2.51. The molecule has 0 aliphatic rings. The average Bonchev–Trinajstić information content (AvgIpc) is 2.62. The van der Waals surface area contributed by atoms with Gasteiger partial charge in [0, 0.05) is 5.39 Å². The second kappa shape index (κ2) is 7.17. The Hall–Kier alpha value is -3.15. The molecule has 0 saturated carbocycles. The number of nitrogens with zero attached hydrogens (tertiary/aromatic N) is 2. The number of hydrogen-bond donors (Lipinski definition) is 2. The van der Waals surface area contributed by atoms with Gasteiger partial charge in [0.1, 0.15) is 23.9 Å². The molecule has 0 saturated heterocycles. The number of aryl methyl sites for hydroxylation is 1. The van der Waals surface area contributed by atoms with Crippen molar-refractivity contribution in [3.63, 3.8) is 0 Å². The summed E-state index contributed by atoms with van der Waals surface area (Å²) < 4.78 is 5.30. The van der Waals surface area contributed by atoms with E-state index in [0.29, 0.717) is 17.3 Å². The van der Waals surface area contributed by atoms with Crippen molar-refractivity contribution in [1.82, 2.24) is 9.97 Å². The molecule has 6 nitrogen and oxygen atoms in total. The van der Waals surface area contributed by atoms with Crippen LogP contribution in [0.15, 0.2) is 48.8 Å². The van der Waals surface area contributed by atoms with Crippen molar-refractivity contribution in [3.05, 3.63) is 54.4 Å². The van der Waals surface area contributed by atoms with E-state index in [1.807, 2.05) is 49.4 Å². The number of para-hydroxylation sites is 1. The predicted octanol–water partition coefficient (Wildman–Crippen LogP) is 3.39. The monoisotopic (exact) mass is 336 g/mol. The van der Waals surface area contributed by atoms with Gasteiger partial charge in [0.15, 0.2) is 0 Å². The number of hydrogen-bond acceptors (Lipinski definition) is 5. The average molecular weight is 336 g/mol. The minimum Gasteiger partial charge on any atom is -0.495 e. The van der Waals surface area contributed by atoms with Crippen molar-refractivity contribution in [3.8, 4) is 5.75 Å². The number of carbonyl (C=O) groups excluding carboxylic acids is 1. The van der Waals surface area contributed by atoms with Gasteiger partial charge in [0.25, 0.3) is 0 Å². The predicted molar refractivity (Wildman–Crippen MR) is 99.0 cm³/mol. The van der Waals surface area contributed by atoms with Gasteiger partial charge in [-0.05, 0) is 43.7 Å². The quantitative estimate of drug-likeness (QED) is 0.747. The van der Waals surface area contributed by atoms with Crippen LogP contribution in [0.3, 0.4) is 0 Å². The molecule has 0 radical (unpaired) electrons. The van der Waals surface area contributed by atoms with Crippen LogP contribution in [0, 0.1) is 6.92 Å². The Morgan fingerprint density at radius 1 is 1.16 bits per heavy atom. The molecule has 1 atom stereocenters. The molecule has 2 N–H and O–H groups in total. The van der Waals surface area contributed by atoms with Crippen LogP contribution in [-0.4, -0.2) is 29.0 Å². The molecule has 128 valence electrons. The van der Waals surface area contributed by atoms with Gasteiger partial charge in [-0.15, -0.1) is 0 Å². The van der Waals surface area contributed by atoms with Gasteiger partial charge in [-0.2, -0.15) is 0 Å². The van der Waals surface area contributed by atoms with E-state index >= 15 is 0 Å². The van der Waals surface area contributed by atoms with E-state index in [1.54, 1.807) is 14.0 Å². The Bertz CT molecular complexity index is 906. The molecule has 3 rings (SSSR count). The van der Waals surface area contributed by atoms with Crippen LogP contribution in [0.2, 0.25) is 0 Å². The number of fused-ring (bicyclic) bond motifs is 1. The maximum atomic E-state index is 12.6. The lowest BCUT2D eigenvalue weighted by Crippen LogP contribution is -2.32. The molecule has 1 unspecified atom stereocenters. The summed E-state index contributed by atoms with van der Waals surface area (Å²) in [6.45, 7) is 3.75. The number of carbonyl (C=O) groups is 1. The van der Waals surface area contributed by atoms with Crippen LogP contribution in [0.5, 0.6) is 5.75 Å². The second-order valence-electron chi connectivity index (χ2n) is 5.80. The maximum absolute atomic E-state index is 12.6. The Labute approximate surface area is 146 Å². The highest BCUT2D eigenvalue weighted by molar-refractivity contribution is 5.99. The first-order valence-electron chi connectivity index (χ1n) is 8.00. The summed E-state index contributed by atoms with van der Waals surface area (Å²) in [5.74, 6) is 1.08. The molecule has 1 amide bonds. The van der Waals surface area contributed by atoms with E-state index in [0.717, 1.165) is 16.5 Å². The molecular weight excluding hydrogens is 316 g/mol. The van der Waals surface area contributed by atoms with Gasteiger partial charge in [0.2, 0.25) is 5.91 Å². The molecule has 6 heteroatoms. The first-order valence-corrected chi connectivity index (χ1v) is 8.00. The van der Waals surface area contributed by atoms with Crippen LogP contribution in [-0.2, 0) is 4.79 Å². The molecule has 1 aromatic heterocycles. The lowest BCUT2D eigenvalue weighted by Gasteiger charge is -2.17. The van der Waals surface area contributed by atoms with Crippen LogP contribution < -0.4 is 15.4 Å². The van der Waals surface area contributed by atoms with Crippen molar-refractivity contribution >= 4 is 28.3 Å². The highest BCUT2D eigenvalue weighted by atomic mass is 16.5. The van der Waals surface area contributed by atoms with Crippen LogP contribution in [0.1, 0.15) is 12.5 Å². The molecule has 0 spiro atoms. The lowest BCUT2D eigenvalue weighted by atomic mass is 10.2. The summed E-state index contributed by atoms with van der Waals surface area (Å²) in [5, 5.41) is 6.93. The first kappa shape index (κ1) is 16.7. The van der Waals surface area contributed by atoms with Gasteiger partial charge in [0.05, 0.1) is 18.3 Å². The summed E-state index contributed by atoms with van der Waals surface area (Å²) in [7, 11) is 1.58. The minimum absolute atomic E-state index is 0.174. The normalized spacial score (nSPS) is 11.8. The number of anilines is 2. The fraction of sp³-hybridized carbons (Fsp3) is 0.211. The van der Waals surface area contributed by atoms with Gasteiger partial charge in [-0.1, -0.05) is 18.2 Å². The minimum atomic E-state index is -0.483. The van der Waals surface area contributed by atoms with Gasteiger partial charge < -0.3 is 15.4 Å². The van der Waals surface area contributed by atoms with Gasteiger partial charge >= 0.3 is 0 Å². The molecule has 2 aromatic carbocycles. The number of ether oxygens (including phenoxy) is 1. The summed E-state index contributed by atoms with van der Waals surface area (Å²) in [6, 6.07) is 12.8. The van der Waals surface area contributed by atoms with E-state index in [-0.39, 0.29) is 5.91 Å². The topological polar surface area (TPSA) is 76.1 Å². The third kappa shape index (κ3) is 3.68. The van der Waals surface area contributed by atoms with E-state index in [2.05, 4.69) is 20.6 Å². The number of benzene rings is 2. The third-order valence-corrected chi connectivity index (χ3v) is 3.90. The van der Waals surface area contributed by atoms with Crippen molar-refractivity contribution in [2.24, 2.45) is 0 Å². The number of amides is 1. The standard InChI is InChI=1S/C19H20N4O2/c1-12-8-9-17(25-3)16(10-12)23-19(24)13(2)22-18-14-6-4-5-7-15(14)20-11-21-18/h4-11,13H,1-3H3,(H,23,24)(H,20,21,22). The van der Waals surface area contributed by atoms with Gasteiger partial charge in [-0.25, -0.2) is 9.97 Å². The fourth-order valence-electron chi connectivity index (χ4n) is 2.55. The Morgan fingerprint density at radius 3 is 2.76 bits per heavy atom. The highest BCUT2D eigenvalue weighted by Crippen LogP contribution is 2.25. The molecule has 0 aliphatic heterocycles. The zero-order valence-corrected chi connectivity index (χ0v) is 14.4. The van der Waals surface area contributed by atoms with Crippen LogP contribution in [0.4, 0.5) is 11.5 Å². The van der Waals surface area contributed by atoms with E-state index in [9.17, 15) is 4.79 Å². The molecule has 25 heavy (non-hydrogen) atoms. The van der Waals surface area contributed by atoms with Crippen LogP contribution >= 0.6 is 0 Å². The van der Waals surface area contributed by atoms with Crippen molar-refractivity contribution in [1.29, 1.82) is 0 Å². The molecule has 0 aliphatic carbocycles. The molecule has 0 bridgehead atoms. The Kier molecular flexibility index (Phi) is 4.79. The van der Waals surface area contributed by atoms with Crippen molar-refractivity contribution < 1.29 is 9.53 Å². The molecule has 0 fully saturated rings. The molecule has 1 heterocycles. The number of rotatable bonds is 5. The SMILES string of the molecule is COc1ccc(C)cc1NC(=O)C(C)Nc1ncnc2ccccc12. The first-order chi connectivity index (χ1) is 12.1. The largest absolute Gasteiger partial charge is 0.495 e. The summed E-state index contributed by atoms with van der Waals surface area (Å²) >= 11 is 0. The molecule has 3 aromatic rings. The zero-order chi connectivity index (χ0) is 17.8. The van der Waals surface area contributed by atoms with E-state index in [4.69, 9.17) is 4.74 Å². The van der Waals surface area contributed by atoms with Gasteiger partial charge in [-0.3, -0.25) is 4.79 Å². The summed E-state index contributed by atoms with van der Waals surface area (Å²) in [4.78, 5) is 21.0. The van der Waals surface area contributed by atoms with Crippen molar-refractivity contribution in [2.75, 3.05) is 17.7 Å². The number of aromatic nitrogens is 2. The highest BCUT2D eigenvalue weighted by Gasteiger charge is 2.16. The Morgan fingerprint density at radius 2 is 1.96 bits per heavy atom. The number of methoxy groups -OCH3 is 1. The van der Waals surface area contributed by atoms with Crippen LogP contribution in [0.25, 0.3) is 10.9 Å². The summed E-state index contributed by atoms with van der Waals surface area (Å²) in [6.07, 6.45) is 1.48. The Balaban J connectivity index is 1.78. The smallest absolute Gasteiger partial charge is 0.246 e. The van der Waals surface area contributed by atoms with E-state index in [1.165, 1.54) is 6.33 Å². The third-order valence-electron chi connectivity index (χ3n) is 3.90. The fourth-order valence-corrected chi connectivity index (χ4v) is 2.55.